The molecule has 0 fully saturated rings. The van der Waals surface area contributed by atoms with Crippen molar-refractivity contribution in [2.75, 3.05) is 20.3 Å². The van der Waals surface area contributed by atoms with Crippen molar-refractivity contribution in [3.05, 3.63) is 29.3 Å². The molecule has 0 bridgehead atoms. The molecule has 1 rings (SSSR count). The maximum Gasteiger partial charge on any atom is 0.471 e. The van der Waals surface area contributed by atoms with Crippen LogP contribution in [0.5, 0.6) is 5.75 Å². The number of carbonyl (C=O) groups excluding carboxylic acids is 2. The molecule has 2 N–H and O–H groups in total. The highest BCUT2D eigenvalue weighted by Gasteiger charge is 2.63. The Morgan fingerprint density at radius 2 is 1.89 bits per heavy atom. The average Bonchev–Trinajstić information content (AvgIpc) is 2.55. The molecule has 1 unspecified atom stereocenters. The van der Waals surface area contributed by atoms with Gasteiger partial charge in [-0.2, -0.15) is 13.2 Å². The molecule has 14 heteroatoms. The van der Waals surface area contributed by atoms with E-state index in [-0.39, 0.29) is 11.6 Å². The smallest absolute Gasteiger partial charge is 0.465 e. The molecule has 1 aromatic carbocycles. The molecule has 0 aromatic heterocycles. The summed E-state index contributed by atoms with van der Waals surface area (Å²) in [6, 6.07) is 4.71. The van der Waals surface area contributed by atoms with Gasteiger partial charge in [-0.3, -0.25) is 19.1 Å². The van der Waals surface area contributed by atoms with Gasteiger partial charge in [0.05, 0.1) is 6.61 Å². The second-order valence-corrected chi connectivity index (χ2v) is 7.14. The van der Waals surface area contributed by atoms with Crippen LogP contribution >= 0.6 is 19.2 Å². The Bertz CT molecular complexity index is 771. The van der Waals surface area contributed by atoms with Gasteiger partial charge in [-0.1, -0.05) is 17.7 Å². The summed E-state index contributed by atoms with van der Waals surface area (Å²) in [5.74, 6) is -4.63. The van der Waals surface area contributed by atoms with Crippen molar-refractivity contribution in [1.29, 1.82) is 0 Å². The zero-order valence-electron chi connectivity index (χ0n) is 14.5. The molecule has 1 amide bonds. The molecule has 1 aromatic rings. The van der Waals surface area contributed by atoms with E-state index >= 15 is 0 Å². The Morgan fingerprint density at radius 3 is 2.32 bits per heavy atom. The summed E-state index contributed by atoms with van der Waals surface area (Å²) in [5, 5.41) is 0.00676. The molecule has 0 aliphatic rings. The largest absolute Gasteiger partial charge is 0.471 e. The Labute approximate surface area is 162 Å². The van der Waals surface area contributed by atoms with Crippen LogP contribution in [0.3, 0.4) is 0 Å². The van der Waals surface area contributed by atoms with Crippen molar-refractivity contribution in [2.24, 2.45) is 0 Å². The number of nitrogens with zero attached hydrogens (tertiary/aromatic N) is 1. The molecule has 9 nitrogen and oxygen atoms in total. The molecular formula is C14H16ClF3NO8P. The topological polar surface area (TPSA) is 123 Å². The molecule has 28 heavy (non-hydrogen) atoms. The lowest BCUT2D eigenvalue weighted by molar-refractivity contribution is -0.239. The number of rotatable bonds is 8. The third-order valence-electron chi connectivity index (χ3n) is 3.10. The summed E-state index contributed by atoms with van der Waals surface area (Å²) in [6.07, 6.45) is -5.62. The van der Waals surface area contributed by atoms with Gasteiger partial charge in [0.15, 0.2) is 0 Å². The van der Waals surface area contributed by atoms with E-state index in [4.69, 9.17) is 16.3 Å². The van der Waals surface area contributed by atoms with E-state index in [1.54, 1.807) is 0 Å². The maximum atomic E-state index is 13.1. The fraction of sp³-hybridized carbons (Fsp3) is 0.429. The van der Waals surface area contributed by atoms with E-state index in [2.05, 4.69) is 9.47 Å². The summed E-state index contributed by atoms with van der Waals surface area (Å²) in [4.78, 5) is 42.4. The fourth-order valence-corrected chi connectivity index (χ4v) is 3.13. The summed E-state index contributed by atoms with van der Waals surface area (Å²) in [5.41, 5.74) is -3.63. The minimum atomic E-state index is -5.83. The molecule has 0 aliphatic heterocycles. The highest BCUT2D eigenvalue weighted by Crippen LogP contribution is 2.54. The SMILES string of the molecule is CCOC(=O)CN(C(=O)C(F)(F)F)C(OC)(Oc1cccc(Cl)c1)P(=O)(O)O. The fourth-order valence-electron chi connectivity index (χ4n) is 2.02. The molecule has 1 atom stereocenters. The quantitative estimate of drug-likeness (QED) is 0.351. The number of benzene rings is 1. The van der Waals surface area contributed by atoms with E-state index in [0.29, 0.717) is 7.11 Å². The van der Waals surface area contributed by atoms with E-state index in [0.717, 1.165) is 12.1 Å². The van der Waals surface area contributed by atoms with E-state index < -0.39 is 48.5 Å². The molecule has 0 spiro atoms. The Morgan fingerprint density at radius 1 is 1.29 bits per heavy atom. The lowest BCUT2D eigenvalue weighted by Crippen LogP contribution is -2.61. The zero-order chi connectivity index (χ0) is 21.8. The van der Waals surface area contributed by atoms with E-state index in [1.807, 2.05) is 0 Å². The summed E-state index contributed by atoms with van der Waals surface area (Å²) < 4.78 is 65.3. The third kappa shape index (κ3) is 5.58. The van der Waals surface area contributed by atoms with E-state index in [1.165, 1.54) is 19.1 Å². The molecule has 0 aliphatic carbocycles. The first-order valence-corrected chi connectivity index (χ1v) is 9.37. The van der Waals surface area contributed by atoms with Crippen LogP contribution in [0.25, 0.3) is 0 Å². The number of alkyl halides is 3. The Hall–Kier alpha value is -1.85. The zero-order valence-corrected chi connectivity index (χ0v) is 16.1. The van der Waals surface area contributed by atoms with Crippen molar-refractivity contribution in [2.45, 2.75) is 18.8 Å². The van der Waals surface area contributed by atoms with Gasteiger partial charge in [0.2, 0.25) is 0 Å². The average molecular weight is 450 g/mol. The number of halogens is 4. The number of ether oxygens (including phenoxy) is 3. The second kappa shape index (κ2) is 9.10. The van der Waals surface area contributed by atoms with Crippen molar-refractivity contribution in [3.8, 4) is 5.75 Å². The van der Waals surface area contributed by atoms with Crippen LogP contribution in [-0.2, 0) is 23.6 Å². The minimum Gasteiger partial charge on any atom is -0.465 e. The minimum absolute atomic E-state index is 0.00676. The number of methoxy groups -OCH3 is 1. The molecule has 0 saturated heterocycles. The molecule has 0 radical (unpaired) electrons. The van der Waals surface area contributed by atoms with Crippen LogP contribution in [0.4, 0.5) is 13.2 Å². The van der Waals surface area contributed by atoms with Gasteiger partial charge in [0, 0.05) is 12.1 Å². The maximum absolute atomic E-state index is 13.1. The first-order chi connectivity index (χ1) is 12.8. The first-order valence-electron chi connectivity index (χ1n) is 7.38. The van der Waals surface area contributed by atoms with Gasteiger partial charge in [-0.15, -0.1) is 0 Å². The van der Waals surface area contributed by atoms with Crippen molar-refractivity contribution in [1.82, 2.24) is 4.90 Å². The number of amides is 1. The van der Waals surface area contributed by atoms with E-state index in [9.17, 15) is 37.1 Å². The van der Waals surface area contributed by atoms with Crippen molar-refractivity contribution < 1.29 is 51.3 Å². The first kappa shape index (κ1) is 24.2. The predicted molar refractivity (Wildman–Crippen MR) is 88.3 cm³/mol. The number of esters is 1. The van der Waals surface area contributed by atoms with Gasteiger partial charge in [0.25, 0.3) is 0 Å². The van der Waals surface area contributed by atoms with Gasteiger partial charge in [-0.25, -0.2) is 0 Å². The highest BCUT2D eigenvalue weighted by molar-refractivity contribution is 7.53. The number of hydrogen-bond donors (Lipinski definition) is 2. The summed E-state index contributed by atoms with van der Waals surface area (Å²) >= 11 is 5.72. The van der Waals surface area contributed by atoms with Crippen molar-refractivity contribution >= 4 is 31.1 Å². The highest BCUT2D eigenvalue weighted by atomic mass is 35.5. The Kier molecular flexibility index (Phi) is 7.86. The normalized spacial score (nSPS) is 14.1. The Balaban J connectivity index is 3.59. The van der Waals surface area contributed by atoms with Crippen LogP contribution < -0.4 is 4.74 Å². The summed E-state index contributed by atoms with van der Waals surface area (Å²) in [7, 11) is -5.24. The van der Waals surface area contributed by atoms with Gasteiger partial charge >= 0.3 is 31.3 Å². The second-order valence-electron chi connectivity index (χ2n) is 5.05. The van der Waals surface area contributed by atoms with Crippen LogP contribution in [0, 0.1) is 0 Å². The van der Waals surface area contributed by atoms with Crippen LogP contribution in [0.1, 0.15) is 6.92 Å². The predicted octanol–water partition coefficient (Wildman–Crippen LogP) is 2.11. The lowest BCUT2D eigenvalue weighted by Gasteiger charge is -2.40. The standard InChI is InChI=1S/C14H16ClF3NO8P/c1-3-26-11(20)8-19(12(21)13(16,17)18)14(25-2,28(22,23)24)27-10-6-4-5-9(15)7-10/h4-7H,3,8H2,1-2H3,(H2,22,23,24). The van der Waals surface area contributed by atoms with Crippen LogP contribution in [0.15, 0.2) is 24.3 Å². The van der Waals surface area contributed by atoms with Crippen LogP contribution in [0.2, 0.25) is 5.02 Å². The van der Waals surface area contributed by atoms with Gasteiger partial charge < -0.3 is 24.0 Å². The monoisotopic (exact) mass is 449 g/mol. The lowest BCUT2D eigenvalue weighted by atomic mass is 10.3. The molecule has 0 saturated carbocycles. The third-order valence-corrected chi connectivity index (χ3v) is 4.59. The number of carbonyl (C=O) groups is 2. The molecular weight excluding hydrogens is 434 g/mol. The van der Waals surface area contributed by atoms with Gasteiger partial charge in [0.1, 0.15) is 12.3 Å². The number of hydrogen-bond acceptors (Lipinski definition) is 6. The van der Waals surface area contributed by atoms with Crippen molar-refractivity contribution in [3.63, 3.8) is 0 Å². The van der Waals surface area contributed by atoms with Gasteiger partial charge in [-0.05, 0) is 25.1 Å². The van der Waals surface area contributed by atoms with Crippen LogP contribution in [-0.4, -0.2) is 58.7 Å². The molecule has 158 valence electrons. The summed E-state index contributed by atoms with van der Waals surface area (Å²) in [6.45, 7) is -0.452. The molecule has 0 heterocycles.